The van der Waals surface area contributed by atoms with E-state index in [2.05, 4.69) is 0 Å². The summed E-state index contributed by atoms with van der Waals surface area (Å²) in [6.45, 7) is 1.36. The lowest BCUT2D eigenvalue weighted by molar-refractivity contribution is -0.144. The molecule has 1 fully saturated rings. The lowest BCUT2D eigenvalue weighted by Crippen LogP contribution is -2.49. The van der Waals surface area contributed by atoms with E-state index >= 15 is 0 Å². The van der Waals surface area contributed by atoms with Gasteiger partial charge in [0.2, 0.25) is 0 Å². The van der Waals surface area contributed by atoms with Crippen LogP contribution in [0.3, 0.4) is 0 Å². The number of pyridine rings is 1. The van der Waals surface area contributed by atoms with Crippen molar-refractivity contribution in [3.8, 4) is 5.75 Å². The molecule has 172 valence electrons. The molecule has 9 nitrogen and oxygen atoms in total. The molecule has 1 saturated heterocycles. The Balaban J connectivity index is 1.58. The molecule has 0 aliphatic carbocycles. The van der Waals surface area contributed by atoms with Crippen LogP contribution in [0.2, 0.25) is 0 Å². The smallest absolute Gasteiger partial charge is 0.325 e. The molecule has 2 aliphatic heterocycles. The quantitative estimate of drug-likeness (QED) is 0.590. The summed E-state index contributed by atoms with van der Waals surface area (Å²) < 4.78 is 8.73. The van der Waals surface area contributed by atoms with Crippen molar-refractivity contribution in [2.45, 2.75) is 31.5 Å². The second kappa shape index (κ2) is 8.08. The van der Waals surface area contributed by atoms with E-state index in [0.29, 0.717) is 41.9 Å². The van der Waals surface area contributed by atoms with Crippen LogP contribution in [-0.2, 0) is 22.7 Å². The monoisotopic (exact) mass is 451 g/mol. The molecule has 5 rings (SSSR count). The summed E-state index contributed by atoms with van der Waals surface area (Å²) in [6, 6.07) is 9.58. The molecule has 4 heterocycles. The zero-order valence-electron chi connectivity index (χ0n) is 18.2. The highest BCUT2D eigenvalue weighted by Gasteiger charge is 2.40. The second-order valence-electron chi connectivity index (χ2n) is 8.88. The normalized spacial score (nSPS) is 20.9. The molecule has 1 unspecified atom stereocenters. The van der Waals surface area contributed by atoms with Gasteiger partial charge in [-0.1, -0.05) is 6.07 Å². The fraction of sp³-hybridized carbons (Fsp3) is 0.375. The number of nitrogens with zero attached hydrogens (tertiary/aromatic N) is 3. The van der Waals surface area contributed by atoms with Gasteiger partial charge in [0.1, 0.15) is 18.3 Å². The molecule has 9 heteroatoms. The van der Waals surface area contributed by atoms with Gasteiger partial charge < -0.3 is 24.1 Å². The first-order valence-electron chi connectivity index (χ1n) is 10.9. The molecule has 2 aromatic heterocycles. The number of fused-ring (bicyclic) bond motifs is 5. The highest BCUT2D eigenvalue weighted by atomic mass is 16.5. The van der Waals surface area contributed by atoms with Gasteiger partial charge in [0.25, 0.3) is 5.56 Å². The fourth-order valence-electron chi connectivity index (χ4n) is 5.56. The predicted octanol–water partition coefficient (Wildman–Crippen LogP) is 2.14. The molecular formula is C24H25N3O6. The minimum atomic E-state index is -1.00. The number of likely N-dealkylation sites (tertiary alicyclic amines) is 1. The first kappa shape index (κ1) is 21.3. The van der Waals surface area contributed by atoms with Crippen LogP contribution in [0.1, 0.15) is 29.6 Å². The number of carboxylic acids is 2. The van der Waals surface area contributed by atoms with Gasteiger partial charge in [-0.3, -0.25) is 19.3 Å². The van der Waals surface area contributed by atoms with Crippen LogP contribution in [0.25, 0.3) is 10.9 Å². The maximum atomic E-state index is 12.6. The highest BCUT2D eigenvalue weighted by Crippen LogP contribution is 2.40. The molecule has 0 radical (unpaired) electrons. The molecule has 2 N–H and O–H groups in total. The van der Waals surface area contributed by atoms with Gasteiger partial charge >= 0.3 is 11.9 Å². The van der Waals surface area contributed by atoms with E-state index in [1.165, 1.54) is 7.11 Å². The van der Waals surface area contributed by atoms with E-state index in [1.807, 2.05) is 15.5 Å². The van der Waals surface area contributed by atoms with Crippen LogP contribution < -0.4 is 10.3 Å². The molecule has 0 spiro atoms. The number of methoxy groups -OCH3 is 1. The van der Waals surface area contributed by atoms with Crippen LogP contribution in [0.15, 0.2) is 47.4 Å². The Labute approximate surface area is 189 Å². The number of benzene rings is 1. The van der Waals surface area contributed by atoms with Gasteiger partial charge in [0.15, 0.2) is 0 Å². The summed E-state index contributed by atoms with van der Waals surface area (Å²) in [4.78, 5) is 38.3. The predicted molar refractivity (Wildman–Crippen MR) is 120 cm³/mol. The Morgan fingerprint density at radius 3 is 2.70 bits per heavy atom. The average molecular weight is 451 g/mol. The van der Waals surface area contributed by atoms with Crippen molar-refractivity contribution >= 4 is 22.8 Å². The molecule has 0 amide bonds. The number of ether oxygens (including phenoxy) is 1. The van der Waals surface area contributed by atoms with Gasteiger partial charge in [-0.15, -0.1) is 0 Å². The summed E-state index contributed by atoms with van der Waals surface area (Å²) in [7, 11) is 1.54. The number of hydrogen-bond donors (Lipinski definition) is 2. The molecule has 3 aromatic rings. The topological polar surface area (TPSA) is 114 Å². The van der Waals surface area contributed by atoms with Gasteiger partial charge in [0.05, 0.1) is 7.11 Å². The van der Waals surface area contributed by atoms with Crippen LogP contribution in [-0.4, -0.2) is 56.4 Å². The van der Waals surface area contributed by atoms with Crippen LogP contribution in [0, 0.1) is 5.92 Å². The van der Waals surface area contributed by atoms with Crippen molar-refractivity contribution in [3.05, 3.63) is 64.2 Å². The molecule has 1 aromatic carbocycles. The Morgan fingerprint density at radius 1 is 1.15 bits per heavy atom. The third kappa shape index (κ3) is 3.68. The lowest BCUT2D eigenvalue weighted by Gasteiger charge is -2.44. The zero-order chi connectivity index (χ0) is 23.3. The maximum absolute atomic E-state index is 12.6. The van der Waals surface area contributed by atoms with Crippen molar-refractivity contribution in [3.63, 3.8) is 0 Å². The number of aliphatic carboxylic acids is 2. The Hall–Kier alpha value is -3.59. The third-order valence-electron chi connectivity index (χ3n) is 6.83. The number of carbonyl (C=O) groups is 2. The number of hydrogen-bond acceptors (Lipinski definition) is 5. The second-order valence-corrected chi connectivity index (χ2v) is 8.88. The van der Waals surface area contributed by atoms with Crippen molar-refractivity contribution < 1.29 is 24.5 Å². The number of piperidine rings is 1. The SMILES string of the molecule is COc1ccc2c(c1)c(C(C(=O)O)N1C[C@@H]3C[C@@H](C1)c1cccc(=O)n1C3)cn2CC(=O)O. The average Bonchev–Trinajstić information content (AvgIpc) is 3.11. The van der Waals surface area contributed by atoms with Crippen LogP contribution >= 0.6 is 0 Å². The Kier molecular flexibility index (Phi) is 5.20. The summed E-state index contributed by atoms with van der Waals surface area (Å²) in [5.41, 5.74) is 2.12. The summed E-state index contributed by atoms with van der Waals surface area (Å²) in [6.07, 6.45) is 2.56. The molecule has 0 saturated carbocycles. The standard InChI is InChI=1S/C24H25N3O6/c1-33-16-5-6-20-17(8-16)18(12-25(20)13-22(29)30)23(24(31)32)26-9-14-7-15(11-26)19-3-2-4-21(28)27(19)10-14/h2-6,8,12,14-15,23H,7,9-11,13H2,1H3,(H,29,30)(H,31,32)/t14-,15-,23?/m0/s1. The zero-order valence-corrected chi connectivity index (χ0v) is 18.2. The van der Waals surface area contributed by atoms with E-state index in [0.717, 1.165) is 12.1 Å². The van der Waals surface area contributed by atoms with Gasteiger partial charge in [0, 0.05) is 60.0 Å². The minimum Gasteiger partial charge on any atom is -0.497 e. The molecule has 33 heavy (non-hydrogen) atoms. The number of carboxylic acid groups (broad SMARTS) is 2. The molecule has 2 bridgehead atoms. The van der Waals surface area contributed by atoms with E-state index in [4.69, 9.17) is 4.74 Å². The first-order valence-corrected chi connectivity index (χ1v) is 10.9. The van der Waals surface area contributed by atoms with Crippen molar-refractivity contribution in [1.82, 2.24) is 14.0 Å². The molecular weight excluding hydrogens is 426 g/mol. The van der Waals surface area contributed by atoms with Gasteiger partial charge in [-0.2, -0.15) is 0 Å². The van der Waals surface area contributed by atoms with Crippen molar-refractivity contribution in [2.75, 3.05) is 20.2 Å². The summed E-state index contributed by atoms with van der Waals surface area (Å²) in [5.74, 6) is -1.19. The van der Waals surface area contributed by atoms with Gasteiger partial charge in [-0.05, 0) is 36.6 Å². The summed E-state index contributed by atoms with van der Waals surface area (Å²) >= 11 is 0. The third-order valence-corrected chi connectivity index (χ3v) is 6.83. The van der Waals surface area contributed by atoms with Crippen LogP contribution in [0.5, 0.6) is 5.75 Å². The van der Waals surface area contributed by atoms with Crippen molar-refractivity contribution in [2.24, 2.45) is 5.92 Å². The minimum absolute atomic E-state index is 0.0192. The maximum Gasteiger partial charge on any atom is 0.325 e. The van der Waals surface area contributed by atoms with E-state index in [-0.39, 0.29) is 23.9 Å². The fourth-order valence-corrected chi connectivity index (χ4v) is 5.56. The Bertz CT molecular complexity index is 1310. The lowest BCUT2D eigenvalue weighted by atomic mass is 9.82. The molecule has 3 atom stereocenters. The number of rotatable bonds is 6. The number of aromatic nitrogens is 2. The van der Waals surface area contributed by atoms with E-state index < -0.39 is 18.0 Å². The van der Waals surface area contributed by atoms with Crippen LogP contribution in [0.4, 0.5) is 0 Å². The van der Waals surface area contributed by atoms with Gasteiger partial charge in [-0.25, -0.2) is 0 Å². The van der Waals surface area contributed by atoms with E-state index in [9.17, 15) is 24.6 Å². The Morgan fingerprint density at radius 2 is 1.97 bits per heavy atom. The highest BCUT2D eigenvalue weighted by molar-refractivity contribution is 5.91. The largest absolute Gasteiger partial charge is 0.497 e. The summed E-state index contributed by atoms with van der Waals surface area (Å²) in [5, 5.41) is 20.3. The van der Waals surface area contributed by atoms with Crippen molar-refractivity contribution in [1.29, 1.82) is 0 Å². The first-order chi connectivity index (χ1) is 15.9. The van der Waals surface area contributed by atoms with E-state index in [1.54, 1.807) is 41.1 Å². The molecule has 2 aliphatic rings.